The van der Waals surface area contributed by atoms with Crippen LogP contribution in [-0.2, 0) is 0 Å². The van der Waals surface area contributed by atoms with Gasteiger partial charge in [0.05, 0.1) is 13.7 Å². The number of hydrogen-bond donors (Lipinski definition) is 2. The summed E-state index contributed by atoms with van der Waals surface area (Å²) in [6.45, 7) is 2.49. The van der Waals surface area contributed by atoms with Crippen LogP contribution in [0.25, 0.3) is 0 Å². The van der Waals surface area contributed by atoms with E-state index >= 15 is 0 Å². The van der Waals surface area contributed by atoms with E-state index in [2.05, 4.69) is 10.6 Å². The van der Waals surface area contributed by atoms with Gasteiger partial charge in [-0.05, 0) is 60.5 Å². The van der Waals surface area contributed by atoms with E-state index in [1.807, 2.05) is 6.92 Å². The molecule has 0 bridgehead atoms. The molecule has 0 fully saturated rings. The Morgan fingerprint density at radius 3 is 1.91 bits per heavy atom. The van der Waals surface area contributed by atoms with Gasteiger partial charge in [0.15, 0.2) is 11.5 Å². The Kier molecular flexibility index (Phi) is 8.58. The number of nitrogens with one attached hydrogen (secondary N) is 2. The number of amides is 2. The van der Waals surface area contributed by atoms with Crippen LogP contribution in [0.3, 0.4) is 0 Å². The zero-order chi connectivity index (χ0) is 23.8. The summed E-state index contributed by atoms with van der Waals surface area (Å²) in [5.41, 5.74) is 1.33. The molecular formula is C25H24Cl2N2O4. The maximum atomic E-state index is 12.9. The minimum absolute atomic E-state index is 0.362. The molecule has 0 heterocycles. The quantitative estimate of drug-likeness (QED) is 0.383. The molecule has 8 heteroatoms. The largest absolute Gasteiger partial charge is 0.493 e. The van der Waals surface area contributed by atoms with E-state index in [0.717, 1.165) is 6.42 Å². The van der Waals surface area contributed by atoms with E-state index in [1.165, 1.54) is 0 Å². The highest BCUT2D eigenvalue weighted by Gasteiger charge is 2.21. The second-order valence-corrected chi connectivity index (χ2v) is 8.03. The van der Waals surface area contributed by atoms with Gasteiger partial charge in [-0.1, -0.05) is 48.3 Å². The van der Waals surface area contributed by atoms with Gasteiger partial charge >= 0.3 is 0 Å². The lowest BCUT2D eigenvalue weighted by Crippen LogP contribution is -2.41. The van der Waals surface area contributed by atoms with Crippen molar-refractivity contribution in [1.82, 2.24) is 10.6 Å². The standard InChI is InChI=1S/C25H24Cl2N2O4/c1-3-12-33-22-15-16(10-11-21(22)32-2)23(28-24(30)17-6-4-8-19(26)13-17)29-25(31)18-7-5-9-20(27)14-18/h4-11,13-15,23H,3,12H2,1-2H3,(H,28,30)(H,29,31). The van der Waals surface area contributed by atoms with Crippen molar-refractivity contribution < 1.29 is 19.1 Å². The second kappa shape index (κ2) is 11.6. The SMILES string of the molecule is CCCOc1cc(C(NC(=O)c2cccc(Cl)c2)NC(=O)c2cccc(Cl)c2)ccc1OC. The molecule has 3 aromatic carbocycles. The normalized spacial score (nSPS) is 10.6. The number of carbonyl (C=O) groups is 2. The monoisotopic (exact) mass is 486 g/mol. The fourth-order valence-corrected chi connectivity index (χ4v) is 3.47. The number of ether oxygens (including phenoxy) is 2. The van der Waals surface area contributed by atoms with Crippen LogP contribution in [-0.4, -0.2) is 25.5 Å². The molecule has 0 unspecified atom stereocenters. The predicted molar refractivity (Wildman–Crippen MR) is 129 cm³/mol. The summed E-state index contributed by atoms with van der Waals surface area (Å²) in [7, 11) is 1.55. The molecule has 0 aliphatic rings. The number of halogens is 2. The number of hydrogen-bond acceptors (Lipinski definition) is 4. The second-order valence-electron chi connectivity index (χ2n) is 7.16. The highest BCUT2D eigenvalue weighted by atomic mass is 35.5. The first-order valence-corrected chi connectivity index (χ1v) is 11.1. The van der Waals surface area contributed by atoms with Crippen molar-refractivity contribution >= 4 is 35.0 Å². The molecule has 172 valence electrons. The number of rotatable bonds is 9. The smallest absolute Gasteiger partial charge is 0.253 e. The van der Waals surface area contributed by atoms with Gasteiger partial charge < -0.3 is 20.1 Å². The molecule has 0 saturated heterocycles. The van der Waals surface area contributed by atoms with Crippen LogP contribution in [0.2, 0.25) is 10.0 Å². The Labute approximate surface area is 202 Å². The van der Waals surface area contributed by atoms with E-state index in [9.17, 15) is 9.59 Å². The van der Waals surface area contributed by atoms with Crippen molar-refractivity contribution in [3.63, 3.8) is 0 Å². The zero-order valence-corrected chi connectivity index (χ0v) is 19.7. The highest BCUT2D eigenvalue weighted by molar-refractivity contribution is 6.31. The molecule has 6 nitrogen and oxygen atoms in total. The summed E-state index contributed by atoms with van der Waals surface area (Å²) >= 11 is 12.1. The Morgan fingerprint density at radius 1 is 0.848 bits per heavy atom. The zero-order valence-electron chi connectivity index (χ0n) is 18.2. The van der Waals surface area contributed by atoms with E-state index in [1.54, 1.807) is 73.8 Å². The maximum Gasteiger partial charge on any atom is 0.253 e. The molecule has 0 aliphatic carbocycles. The summed E-state index contributed by atoms with van der Waals surface area (Å²) in [6.07, 6.45) is -0.0498. The lowest BCUT2D eigenvalue weighted by atomic mass is 10.1. The molecule has 2 amide bonds. The van der Waals surface area contributed by atoms with Gasteiger partial charge in [-0.3, -0.25) is 9.59 Å². The first kappa shape index (κ1) is 24.4. The molecule has 0 atom stereocenters. The van der Waals surface area contributed by atoms with E-state index in [4.69, 9.17) is 32.7 Å². The third-order valence-corrected chi connectivity index (χ3v) is 5.18. The Bertz CT molecular complexity index is 1080. The third-order valence-electron chi connectivity index (χ3n) is 4.71. The summed E-state index contributed by atoms with van der Waals surface area (Å²) < 4.78 is 11.2. The molecule has 0 aromatic heterocycles. The average Bonchev–Trinajstić information content (AvgIpc) is 2.82. The van der Waals surface area contributed by atoms with Crippen molar-refractivity contribution in [2.75, 3.05) is 13.7 Å². The third kappa shape index (κ3) is 6.63. The number of carbonyl (C=O) groups excluding carboxylic acids is 2. The summed E-state index contributed by atoms with van der Waals surface area (Å²) in [5, 5.41) is 6.57. The topological polar surface area (TPSA) is 76.7 Å². The Hall–Kier alpha value is -3.22. The van der Waals surface area contributed by atoms with Crippen LogP contribution in [0.15, 0.2) is 66.7 Å². The van der Waals surface area contributed by atoms with E-state index < -0.39 is 18.0 Å². The van der Waals surface area contributed by atoms with Gasteiger partial charge in [-0.2, -0.15) is 0 Å². The Morgan fingerprint density at radius 2 is 1.42 bits per heavy atom. The molecule has 0 saturated carbocycles. The molecular weight excluding hydrogens is 463 g/mol. The minimum atomic E-state index is -0.863. The van der Waals surface area contributed by atoms with Gasteiger partial charge in [-0.25, -0.2) is 0 Å². The number of benzene rings is 3. The first-order chi connectivity index (χ1) is 15.9. The lowest BCUT2D eigenvalue weighted by Gasteiger charge is -2.22. The summed E-state index contributed by atoms with van der Waals surface area (Å²) in [6, 6.07) is 18.3. The fourth-order valence-electron chi connectivity index (χ4n) is 3.09. The molecule has 0 spiro atoms. The molecule has 3 aromatic rings. The fraction of sp³-hybridized carbons (Fsp3) is 0.200. The molecule has 2 N–H and O–H groups in total. The van der Waals surface area contributed by atoms with Crippen molar-refractivity contribution in [2.24, 2.45) is 0 Å². The first-order valence-electron chi connectivity index (χ1n) is 10.3. The van der Waals surface area contributed by atoms with Gasteiger partial charge in [0.1, 0.15) is 6.17 Å². The van der Waals surface area contributed by atoms with Crippen molar-refractivity contribution in [1.29, 1.82) is 0 Å². The van der Waals surface area contributed by atoms with Crippen molar-refractivity contribution in [3.8, 4) is 11.5 Å². The highest BCUT2D eigenvalue weighted by Crippen LogP contribution is 2.30. The summed E-state index contributed by atoms with van der Waals surface area (Å²) in [4.78, 5) is 25.9. The van der Waals surface area contributed by atoms with Gasteiger partial charge in [-0.15, -0.1) is 0 Å². The van der Waals surface area contributed by atoms with Crippen LogP contribution in [0.4, 0.5) is 0 Å². The molecule has 33 heavy (non-hydrogen) atoms. The van der Waals surface area contributed by atoms with Gasteiger partial charge in [0.25, 0.3) is 11.8 Å². The van der Waals surface area contributed by atoms with Crippen LogP contribution >= 0.6 is 23.2 Å². The van der Waals surface area contributed by atoms with Gasteiger partial charge in [0, 0.05) is 21.2 Å². The van der Waals surface area contributed by atoms with Crippen molar-refractivity contribution in [2.45, 2.75) is 19.5 Å². The van der Waals surface area contributed by atoms with Crippen LogP contribution in [0.1, 0.15) is 45.8 Å². The average molecular weight is 487 g/mol. The molecule has 0 aliphatic heterocycles. The lowest BCUT2D eigenvalue weighted by molar-refractivity contribution is 0.0883. The summed E-state index contributed by atoms with van der Waals surface area (Å²) in [5.74, 6) is 0.255. The van der Waals surface area contributed by atoms with Crippen molar-refractivity contribution in [3.05, 3.63) is 93.5 Å². The van der Waals surface area contributed by atoms with Crippen LogP contribution < -0.4 is 20.1 Å². The Balaban J connectivity index is 1.93. The minimum Gasteiger partial charge on any atom is -0.493 e. The van der Waals surface area contributed by atoms with E-state index in [-0.39, 0.29) is 0 Å². The maximum absolute atomic E-state index is 12.9. The molecule has 3 rings (SSSR count). The van der Waals surface area contributed by atoms with Crippen LogP contribution in [0, 0.1) is 0 Å². The number of methoxy groups -OCH3 is 1. The predicted octanol–water partition coefficient (Wildman–Crippen LogP) is 5.65. The van der Waals surface area contributed by atoms with Crippen LogP contribution in [0.5, 0.6) is 11.5 Å². The molecule has 0 radical (unpaired) electrons. The van der Waals surface area contributed by atoms with Gasteiger partial charge in [0.2, 0.25) is 0 Å². The van der Waals surface area contributed by atoms with E-state index in [0.29, 0.717) is 44.8 Å².